The van der Waals surface area contributed by atoms with E-state index in [2.05, 4.69) is 5.32 Å². The smallest absolute Gasteiger partial charge is 0.344 e. The van der Waals surface area contributed by atoms with Crippen molar-refractivity contribution in [2.45, 2.75) is 41.0 Å². The Balaban J connectivity index is 1.86. The summed E-state index contributed by atoms with van der Waals surface area (Å²) in [7, 11) is 0. The van der Waals surface area contributed by atoms with Crippen molar-refractivity contribution >= 4 is 23.5 Å². The molecule has 0 unspecified atom stereocenters. The van der Waals surface area contributed by atoms with E-state index in [1.54, 1.807) is 6.07 Å². The summed E-state index contributed by atoms with van der Waals surface area (Å²) in [5, 5.41) is 2.81. The molecule has 0 atom stereocenters. The molecule has 0 fully saturated rings. The van der Waals surface area contributed by atoms with E-state index < -0.39 is 18.5 Å². The average molecular weight is 441 g/mol. The lowest BCUT2D eigenvalue weighted by molar-refractivity contribution is -0.154. The molecule has 2 amide bonds. The fourth-order valence-corrected chi connectivity index (χ4v) is 3.44. The molecule has 0 aliphatic carbocycles. The highest BCUT2D eigenvalue weighted by Gasteiger charge is 2.19. The minimum absolute atomic E-state index is 0.114. The van der Waals surface area contributed by atoms with E-state index in [9.17, 15) is 14.4 Å². The van der Waals surface area contributed by atoms with Crippen molar-refractivity contribution < 1.29 is 23.9 Å². The standard InChI is InChI=1S/C25H32N2O5/c1-6-11-27(14-22(28)26-21-10-8-7-9-18(21)3)23(29)15-31-24(30)16-32-25-19(4)12-17(2)13-20(25)5/h7-10,12-13H,6,11,14-16H2,1-5H3,(H,26,28). The summed E-state index contributed by atoms with van der Waals surface area (Å²) < 4.78 is 10.7. The first kappa shape index (κ1) is 24.9. The molecule has 1 N–H and O–H groups in total. The van der Waals surface area contributed by atoms with Crippen molar-refractivity contribution in [2.75, 3.05) is 31.6 Å². The number of nitrogens with one attached hydrogen (secondary N) is 1. The van der Waals surface area contributed by atoms with Crippen molar-refractivity contribution in [3.05, 3.63) is 58.7 Å². The van der Waals surface area contributed by atoms with Gasteiger partial charge in [0.15, 0.2) is 13.2 Å². The number of rotatable bonds is 10. The second kappa shape index (κ2) is 11.9. The van der Waals surface area contributed by atoms with Crippen LogP contribution in [-0.2, 0) is 19.1 Å². The largest absolute Gasteiger partial charge is 0.481 e. The van der Waals surface area contributed by atoms with Gasteiger partial charge < -0.3 is 19.7 Å². The molecule has 7 heteroatoms. The molecule has 0 saturated heterocycles. The number of hydrogen-bond acceptors (Lipinski definition) is 5. The van der Waals surface area contributed by atoms with Gasteiger partial charge in [0, 0.05) is 12.2 Å². The third-order valence-corrected chi connectivity index (χ3v) is 4.90. The third-order valence-electron chi connectivity index (χ3n) is 4.90. The molecule has 2 aromatic rings. The van der Waals surface area contributed by atoms with Crippen molar-refractivity contribution in [1.29, 1.82) is 0 Å². The fraction of sp³-hybridized carbons (Fsp3) is 0.400. The molecule has 0 aromatic heterocycles. The fourth-order valence-electron chi connectivity index (χ4n) is 3.44. The van der Waals surface area contributed by atoms with E-state index in [4.69, 9.17) is 9.47 Å². The first-order valence-electron chi connectivity index (χ1n) is 10.7. The molecule has 32 heavy (non-hydrogen) atoms. The number of para-hydroxylation sites is 1. The van der Waals surface area contributed by atoms with Crippen LogP contribution in [0.5, 0.6) is 5.75 Å². The van der Waals surface area contributed by atoms with Crippen molar-refractivity contribution in [1.82, 2.24) is 4.90 Å². The van der Waals surface area contributed by atoms with Gasteiger partial charge in [-0.2, -0.15) is 0 Å². The number of anilines is 1. The molecule has 0 aliphatic heterocycles. The Morgan fingerprint density at radius 2 is 1.59 bits per heavy atom. The maximum absolute atomic E-state index is 12.5. The van der Waals surface area contributed by atoms with Gasteiger partial charge in [0.05, 0.1) is 6.54 Å². The van der Waals surface area contributed by atoms with Gasteiger partial charge >= 0.3 is 5.97 Å². The molecule has 172 valence electrons. The maximum atomic E-state index is 12.5. The summed E-state index contributed by atoms with van der Waals surface area (Å²) in [6.07, 6.45) is 0.673. The van der Waals surface area contributed by atoms with Crippen molar-refractivity contribution in [2.24, 2.45) is 0 Å². The SMILES string of the molecule is CCCN(CC(=O)Nc1ccccc1C)C(=O)COC(=O)COc1c(C)cc(C)cc1C. The van der Waals surface area contributed by atoms with Crippen LogP contribution < -0.4 is 10.1 Å². The minimum atomic E-state index is -0.640. The second-order valence-corrected chi connectivity index (χ2v) is 7.86. The van der Waals surface area contributed by atoms with Crippen LogP contribution in [0.25, 0.3) is 0 Å². The van der Waals surface area contributed by atoms with Gasteiger partial charge in [-0.05, 0) is 56.9 Å². The van der Waals surface area contributed by atoms with Crippen LogP contribution in [-0.4, -0.2) is 49.0 Å². The van der Waals surface area contributed by atoms with Crippen LogP contribution in [0.15, 0.2) is 36.4 Å². The molecule has 0 radical (unpaired) electrons. The number of esters is 1. The molecule has 0 spiro atoms. The molecular weight excluding hydrogens is 408 g/mol. The van der Waals surface area contributed by atoms with Crippen molar-refractivity contribution in [3.63, 3.8) is 0 Å². The lowest BCUT2D eigenvalue weighted by Gasteiger charge is -2.22. The Bertz CT molecular complexity index is 948. The summed E-state index contributed by atoms with van der Waals surface area (Å²) in [5.41, 5.74) is 4.61. The molecule has 0 aliphatic rings. The summed E-state index contributed by atoms with van der Waals surface area (Å²) in [4.78, 5) is 38.4. The highest BCUT2D eigenvalue weighted by Crippen LogP contribution is 2.24. The molecule has 0 bridgehead atoms. The summed E-state index contributed by atoms with van der Waals surface area (Å²) >= 11 is 0. The number of nitrogens with zero attached hydrogens (tertiary/aromatic N) is 1. The molecular formula is C25H32N2O5. The van der Waals surface area contributed by atoms with E-state index in [1.807, 2.05) is 65.0 Å². The zero-order valence-electron chi connectivity index (χ0n) is 19.5. The Morgan fingerprint density at radius 1 is 0.938 bits per heavy atom. The number of aryl methyl sites for hydroxylation is 4. The zero-order chi connectivity index (χ0) is 23.7. The minimum Gasteiger partial charge on any atom is -0.481 e. The highest BCUT2D eigenvalue weighted by molar-refractivity contribution is 5.95. The van der Waals surface area contributed by atoms with E-state index >= 15 is 0 Å². The van der Waals surface area contributed by atoms with Gasteiger partial charge in [-0.3, -0.25) is 9.59 Å². The number of carbonyl (C=O) groups is 3. The Labute approximate surface area is 189 Å². The van der Waals surface area contributed by atoms with Crippen LogP contribution in [0.2, 0.25) is 0 Å². The predicted molar refractivity (Wildman–Crippen MR) is 124 cm³/mol. The topological polar surface area (TPSA) is 84.9 Å². The number of carbonyl (C=O) groups excluding carboxylic acids is 3. The third kappa shape index (κ3) is 7.41. The quantitative estimate of drug-likeness (QED) is 0.569. The molecule has 2 rings (SSSR count). The number of amides is 2. The molecule has 2 aromatic carbocycles. The molecule has 0 saturated carbocycles. The van der Waals surface area contributed by atoms with Crippen LogP contribution in [0.3, 0.4) is 0 Å². The molecule has 0 heterocycles. The highest BCUT2D eigenvalue weighted by atomic mass is 16.6. The van der Waals surface area contributed by atoms with Gasteiger partial charge in [-0.25, -0.2) is 4.79 Å². The Morgan fingerprint density at radius 3 is 2.22 bits per heavy atom. The lowest BCUT2D eigenvalue weighted by atomic mass is 10.1. The van der Waals surface area contributed by atoms with E-state index in [-0.39, 0.29) is 19.1 Å². The second-order valence-electron chi connectivity index (χ2n) is 7.86. The lowest BCUT2D eigenvalue weighted by Crippen LogP contribution is -2.41. The predicted octanol–water partition coefficient (Wildman–Crippen LogP) is 3.72. The number of benzene rings is 2. The van der Waals surface area contributed by atoms with Gasteiger partial charge in [0.25, 0.3) is 5.91 Å². The van der Waals surface area contributed by atoms with Gasteiger partial charge in [-0.15, -0.1) is 0 Å². The van der Waals surface area contributed by atoms with Crippen LogP contribution in [0, 0.1) is 27.7 Å². The van der Waals surface area contributed by atoms with Gasteiger partial charge in [-0.1, -0.05) is 42.8 Å². The number of hydrogen-bond donors (Lipinski definition) is 1. The van der Waals surface area contributed by atoms with Gasteiger partial charge in [0.1, 0.15) is 5.75 Å². The van der Waals surface area contributed by atoms with Gasteiger partial charge in [0.2, 0.25) is 5.91 Å². The summed E-state index contributed by atoms with van der Waals surface area (Å²) in [6, 6.07) is 11.4. The maximum Gasteiger partial charge on any atom is 0.344 e. The van der Waals surface area contributed by atoms with Crippen LogP contribution in [0.1, 0.15) is 35.6 Å². The molecule has 7 nitrogen and oxygen atoms in total. The van der Waals surface area contributed by atoms with E-state index in [0.29, 0.717) is 24.4 Å². The van der Waals surface area contributed by atoms with Crippen LogP contribution in [0.4, 0.5) is 5.69 Å². The Kier molecular flexibility index (Phi) is 9.25. The summed E-state index contributed by atoms with van der Waals surface area (Å²) in [6.45, 7) is 9.16. The Hall–Kier alpha value is -3.35. The van der Waals surface area contributed by atoms with Crippen molar-refractivity contribution in [3.8, 4) is 5.75 Å². The van der Waals surface area contributed by atoms with Crippen LogP contribution >= 0.6 is 0 Å². The number of ether oxygens (including phenoxy) is 2. The summed E-state index contributed by atoms with van der Waals surface area (Å²) in [5.74, 6) is -0.734. The van der Waals surface area contributed by atoms with E-state index in [0.717, 1.165) is 22.3 Å². The first-order valence-corrected chi connectivity index (χ1v) is 10.7. The van der Waals surface area contributed by atoms with E-state index in [1.165, 1.54) is 4.90 Å². The first-order chi connectivity index (χ1) is 15.2. The normalized spacial score (nSPS) is 10.4. The monoisotopic (exact) mass is 440 g/mol. The zero-order valence-corrected chi connectivity index (χ0v) is 19.5. The average Bonchev–Trinajstić information content (AvgIpc) is 2.72.